The Morgan fingerprint density at radius 2 is 0.853 bits per heavy atom. The van der Waals surface area contributed by atoms with Crippen molar-refractivity contribution in [1.82, 2.24) is 18.7 Å². The van der Waals surface area contributed by atoms with Crippen molar-refractivity contribution in [2.75, 3.05) is 66.6 Å². The van der Waals surface area contributed by atoms with Gasteiger partial charge in [-0.1, -0.05) is 35.4 Å². The molecule has 3 rings (SSSR count). The first kappa shape index (κ1) is 27.2. The van der Waals surface area contributed by atoms with Crippen LogP contribution in [-0.4, -0.2) is 75.1 Å². The van der Waals surface area contributed by atoms with Crippen LogP contribution >= 0.6 is 22.5 Å². The normalized spacial score (nSPS) is 24.1. The van der Waals surface area contributed by atoms with Crippen LogP contribution in [0.3, 0.4) is 0 Å². The van der Waals surface area contributed by atoms with E-state index in [1.165, 1.54) is 11.1 Å². The van der Waals surface area contributed by atoms with E-state index in [9.17, 15) is 0 Å². The number of hydrogen-bond donors (Lipinski definition) is 2. The molecule has 2 aromatic carbocycles. The van der Waals surface area contributed by atoms with Gasteiger partial charge >= 0.3 is 0 Å². The highest BCUT2D eigenvalue weighted by molar-refractivity contribution is 7.85. The molecule has 0 aliphatic carbocycles. The second kappa shape index (κ2) is 10.3. The molecule has 188 valence electrons. The van der Waals surface area contributed by atoms with E-state index in [-0.39, 0.29) is 0 Å². The summed E-state index contributed by atoms with van der Waals surface area (Å²) < 4.78 is 25.2. The van der Waals surface area contributed by atoms with Gasteiger partial charge in [0, 0.05) is 11.4 Å². The Balaban J connectivity index is 2.37. The smallest absolute Gasteiger partial charge is 0.243 e. The van der Waals surface area contributed by atoms with Gasteiger partial charge in [0.15, 0.2) is 0 Å². The van der Waals surface area contributed by atoms with Gasteiger partial charge in [-0.3, -0.25) is 0 Å². The summed E-state index contributed by atoms with van der Waals surface area (Å²) >= 11 is 0. The second-order valence-electron chi connectivity index (χ2n) is 9.29. The van der Waals surface area contributed by atoms with Gasteiger partial charge in [-0.2, -0.15) is 13.5 Å². The van der Waals surface area contributed by atoms with Crippen LogP contribution in [0.5, 0.6) is 0 Å². The molecule has 0 saturated heterocycles. The van der Waals surface area contributed by atoms with Crippen molar-refractivity contribution in [3.63, 3.8) is 0 Å². The lowest BCUT2D eigenvalue weighted by Gasteiger charge is -2.44. The molecule has 2 N–H and O–H groups in total. The lowest BCUT2D eigenvalue weighted by atomic mass is 10.2. The molecule has 0 radical (unpaired) electrons. The van der Waals surface area contributed by atoms with Crippen molar-refractivity contribution >= 4 is 33.9 Å². The maximum atomic E-state index is 5.53. The van der Waals surface area contributed by atoms with Crippen LogP contribution in [0.1, 0.15) is 11.1 Å². The van der Waals surface area contributed by atoms with Gasteiger partial charge in [0.05, 0.1) is 0 Å². The van der Waals surface area contributed by atoms with E-state index < -0.39 is 22.5 Å². The number of nitrogens with zero attached hydrogens (tertiary/aromatic N) is 7. The Morgan fingerprint density at radius 3 is 1.18 bits per heavy atom. The van der Waals surface area contributed by atoms with Crippen LogP contribution in [0.25, 0.3) is 0 Å². The molecule has 2 aromatic rings. The van der Waals surface area contributed by atoms with E-state index >= 15 is 0 Å². The zero-order valence-corrected chi connectivity index (χ0v) is 24.8. The van der Waals surface area contributed by atoms with E-state index in [2.05, 4.69) is 148 Å². The molecule has 0 bridgehead atoms. The van der Waals surface area contributed by atoms with Gasteiger partial charge in [-0.15, -0.1) is 0 Å². The highest BCUT2D eigenvalue weighted by Gasteiger charge is 2.42. The standard InChI is InChI=1S/C22H40N9P3/c1-19-11-15-21(16-12-19)23-32(28(3)4)25-33(29(5)6,24-22-17-13-20(2)14-18-22)27-34(26-32,30(7)8)31(9)10/h11-18,23-24H,1-10H3/t32-,33+. The fourth-order valence-electron chi connectivity index (χ4n) is 3.45. The zero-order chi connectivity index (χ0) is 25.3. The number of aryl methyl sites for hydroxylation is 2. The maximum Gasteiger partial charge on any atom is 0.243 e. The highest BCUT2D eigenvalue weighted by Crippen LogP contribution is 2.79. The SMILES string of the molecule is Cc1ccc(N[P@]2(N(C)C)=NP(N(C)C)(N(C)C)=N[P@@](Nc3ccc(C)cc3)(N(C)C)=N2)cc1. The largest absolute Gasteiger partial charge is 0.323 e. The third-order valence-electron chi connectivity index (χ3n) is 5.59. The Bertz CT molecular complexity index is 1100. The lowest BCUT2D eigenvalue weighted by molar-refractivity contribution is 0.559. The molecular formula is C22H40N9P3. The van der Waals surface area contributed by atoms with Gasteiger partial charge in [-0.05, 0) is 94.5 Å². The summed E-state index contributed by atoms with van der Waals surface area (Å²) in [5, 5.41) is 7.54. The van der Waals surface area contributed by atoms with Gasteiger partial charge < -0.3 is 10.2 Å². The second-order valence-corrected chi connectivity index (χ2v) is 18.4. The predicted octanol–water partition coefficient (Wildman–Crippen LogP) is 6.93. The van der Waals surface area contributed by atoms with Crippen LogP contribution in [-0.2, 0) is 0 Å². The molecule has 1 heterocycles. The van der Waals surface area contributed by atoms with Crippen LogP contribution in [0, 0.1) is 13.8 Å². The molecule has 0 fully saturated rings. The average molecular weight is 524 g/mol. The third-order valence-corrected chi connectivity index (χ3v) is 17.0. The molecule has 0 saturated carbocycles. The molecule has 0 spiro atoms. The summed E-state index contributed by atoms with van der Waals surface area (Å²) in [5.74, 6) is 0. The first-order valence-electron chi connectivity index (χ1n) is 11.2. The number of anilines is 2. The first-order chi connectivity index (χ1) is 15.8. The Kier molecular flexibility index (Phi) is 8.21. The minimum Gasteiger partial charge on any atom is -0.323 e. The van der Waals surface area contributed by atoms with E-state index in [0.29, 0.717) is 0 Å². The van der Waals surface area contributed by atoms with E-state index in [0.717, 1.165) is 11.4 Å². The summed E-state index contributed by atoms with van der Waals surface area (Å²) in [4.78, 5) is 0. The lowest BCUT2D eigenvalue weighted by Crippen LogP contribution is -2.26. The Hall–Kier alpha value is -1.43. The molecule has 12 heteroatoms. The maximum absolute atomic E-state index is 5.53. The Morgan fingerprint density at radius 1 is 0.500 bits per heavy atom. The number of hydrogen-bond acceptors (Lipinski definition) is 9. The molecule has 0 aromatic heterocycles. The van der Waals surface area contributed by atoms with Crippen LogP contribution in [0.2, 0.25) is 0 Å². The van der Waals surface area contributed by atoms with Crippen LogP contribution in [0.15, 0.2) is 62.1 Å². The predicted molar refractivity (Wildman–Crippen MR) is 152 cm³/mol. The van der Waals surface area contributed by atoms with Gasteiger partial charge in [0.2, 0.25) is 22.5 Å². The fourth-order valence-corrected chi connectivity index (χ4v) is 16.9. The van der Waals surface area contributed by atoms with E-state index in [4.69, 9.17) is 13.5 Å². The highest BCUT2D eigenvalue weighted by atomic mass is 31.3. The molecule has 9 nitrogen and oxygen atoms in total. The van der Waals surface area contributed by atoms with Gasteiger partial charge in [0.25, 0.3) is 0 Å². The Labute approximate surface area is 206 Å². The molecule has 1 aliphatic rings. The number of benzene rings is 2. The minimum absolute atomic E-state index is 1.00. The van der Waals surface area contributed by atoms with E-state index in [1.807, 2.05) is 0 Å². The zero-order valence-electron chi connectivity index (χ0n) is 22.1. The quantitative estimate of drug-likeness (QED) is 0.366. The van der Waals surface area contributed by atoms with Gasteiger partial charge in [-0.25, -0.2) is 18.7 Å². The summed E-state index contributed by atoms with van der Waals surface area (Å²) in [6.45, 7) is 4.19. The molecule has 34 heavy (non-hydrogen) atoms. The van der Waals surface area contributed by atoms with E-state index in [1.54, 1.807) is 0 Å². The van der Waals surface area contributed by atoms with Crippen molar-refractivity contribution in [2.45, 2.75) is 13.8 Å². The average Bonchev–Trinajstić information content (AvgIpc) is 2.76. The van der Waals surface area contributed by atoms with Crippen molar-refractivity contribution in [2.24, 2.45) is 13.5 Å². The monoisotopic (exact) mass is 523 g/mol. The van der Waals surface area contributed by atoms with Crippen molar-refractivity contribution in [3.8, 4) is 0 Å². The first-order valence-corrected chi connectivity index (χ1v) is 16.1. The summed E-state index contributed by atoms with van der Waals surface area (Å²) in [7, 11) is 8.84. The fraction of sp³-hybridized carbons (Fsp3) is 0.455. The molecule has 0 amide bonds. The van der Waals surface area contributed by atoms with Crippen molar-refractivity contribution < 1.29 is 0 Å². The topological polar surface area (TPSA) is 74.1 Å². The third kappa shape index (κ3) is 5.37. The summed E-state index contributed by atoms with van der Waals surface area (Å²) in [5.41, 5.74) is 4.44. The number of rotatable bonds is 8. The number of nitrogens with one attached hydrogen (secondary N) is 2. The van der Waals surface area contributed by atoms with Crippen molar-refractivity contribution in [1.29, 1.82) is 0 Å². The summed E-state index contributed by atoms with van der Waals surface area (Å²) in [6.07, 6.45) is 0. The van der Waals surface area contributed by atoms with Crippen LogP contribution in [0.4, 0.5) is 11.4 Å². The molecule has 0 unspecified atom stereocenters. The van der Waals surface area contributed by atoms with Crippen LogP contribution < -0.4 is 10.2 Å². The van der Waals surface area contributed by atoms with Crippen molar-refractivity contribution in [3.05, 3.63) is 59.7 Å². The van der Waals surface area contributed by atoms with Gasteiger partial charge in [0.1, 0.15) is 0 Å². The molecule has 2 atom stereocenters. The molecular weight excluding hydrogens is 483 g/mol. The summed E-state index contributed by atoms with van der Waals surface area (Å²) in [6, 6.07) is 16.9. The minimum atomic E-state index is -2.60. The molecule has 1 aliphatic heterocycles.